The van der Waals surface area contributed by atoms with Crippen LogP contribution < -0.4 is 21.1 Å². The summed E-state index contributed by atoms with van der Waals surface area (Å²) in [6, 6.07) is 11.9. The van der Waals surface area contributed by atoms with Crippen LogP contribution in [0.4, 0.5) is 0 Å². The molecule has 8 N–H and O–H groups in total. The number of nitrogens with one attached hydrogen (secondary N) is 4. The molecule has 2 atom stereocenters. The van der Waals surface area contributed by atoms with E-state index in [2.05, 4.69) is 15.4 Å². The molecule has 0 saturated heterocycles. The van der Waals surface area contributed by atoms with Crippen LogP contribution in [0.1, 0.15) is 16.7 Å². The van der Waals surface area contributed by atoms with E-state index in [-0.39, 0.29) is 12.4 Å². The minimum atomic E-state index is -3.97. The zero-order chi connectivity index (χ0) is 24.4. The van der Waals surface area contributed by atoms with Gasteiger partial charge < -0.3 is 26.6 Å². The molecule has 0 aliphatic rings. The Bertz CT molecular complexity index is 1060. The number of carbonyl (C=O) groups excluding carboxylic acids is 2. The standard InChI is InChI=1S/C21H27N5O6S/c22-19(23)16-8-6-14(7-9-16)10-24-20(29)17(11-27)25-21(30)18(12-28)26-33(31,32)13-15-4-2-1-3-5-15/h1-9,17-18,26-28H,10-13H2,(H3,22,23)(H,24,29)(H,25,30)/t17-,18-/m1/s1. The van der Waals surface area contributed by atoms with Crippen LogP contribution in [0.5, 0.6) is 0 Å². The number of sulfonamides is 1. The molecule has 2 rings (SSSR count). The van der Waals surface area contributed by atoms with E-state index >= 15 is 0 Å². The largest absolute Gasteiger partial charge is 0.394 e. The predicted molar refractivity (Wildman–Crippen MR) is 121 cm³/mol. The molecular formula is C21H27N5O6S. The highest BCUT2D eigenvalue weighted by molar-refractivity contribution is 7.88. The van der Waals surface area contributed by atoms with Crippen molar-refractivity contribution < 1.29 is 28.2 Å². The second-order valence-electron chi connectivity index (χ2n) is 7.17. The molecular weight excluding hydrogens is 450 g/mol. The first-order valence-electron chi connectivity index (χ1n) is 9.92. The summed E-state index contributed by atoms with van der Waals surface area (Å²) in [6.07, 6.45) is 0. The van der Waals surface area contributed by atoms with E-state index in [1.807, 2.05) is 0 Å². The quantitative estimate of drug-likeness (QED) is 0.143. The first kappa shape index (κ1) is 25.9. The van der Waals surface area contributed by atoms with Crippen LogP contribution in [0, 0.1) is 5.41 Å². The summed E-state index contributed by atoms with van der Waals surface area (Å²) in [5, 5.41) is 31.1. The molecule has 0 bridgehead atoms. The lowest BCUT2D eigenvalue weighted by molar-refractivity contribution is -0.131. The third-order valence-corrected chi connectivity index (χ3v) is 5.92. The van der Waals surface area contributed by atoms with Gasteiger partial charge in [-0.25, -0.2) is 13.1 Å². The van der Waals surface area contributed by atoms with Gasteiger partial charge in [0, 0.05) is 12.1 Å². The minimum absolute atomic E-state index is 0.0799. The summed E-state index contributed by atoms with van der Waals surface area (Å²) in [5.74, 6) is -2.16. The zero-order valence-corrected chi connectivity index (χ0v) is 18.5. The van der Waals surface area contributed by atoms with Crippen LogP contribution >= 0.6 is 0 Å². The smallest absolute Gasteiger partial charge is 0.245 e. The highest BCUT2D eigenvalue weighted by Gasteiger charge is 2.28. The number of hydrogen-bond donors (Lipinski definition) is 7. The monoisotopic (exact) mass is 477 g/mol. The van der Waals surface area contributed by atoms with E-state index in [1.165, 1.54) is 0 Å². The summed E-state index contributed by atoms with van der Waals surface area (Å²) in [4.78, 5) is 24.8. The molecule has 2 amide bonds. The Morgan fingerprint density at radius 3 is 2.06 bits per heavy atom. The Balaban J connectivity index is 1.93. The molecule has 0 heterocycles. The van der Waals surface area contributed by atoms with Gasteiger partial charge in [-0.3, -0.25) is 15.0 Å². The lowest BCUT2D eigenvalue weighted by atomic mass is 10.1. The zero-order valence-electron chi connectivity index (χ0n) is 17.7. The van der Waals surface area contributed by atoms with Gasteiger partial charge in [0.2, 0.25) is 21.8 Å². The van der Waals surface area contributed by atoms with E-state index in [1.54, 1.807) is 54.6 Å². The fourth-order valence-electron chi connectivity index (χ4n) is 2.81. The third-order valence-electron chi connectivity index (χ3n) is 4.57. The van der Waals surface area contributed by atoms with Crippen molar-refractivity contribution in [2.45, 2.75) is 24.4 Å². The van der Waals surface area contributed by atoms with Gasteiger partial charge >= 0.3 is 0 Å². The molecule has 2 aromatic carbocycles. The topological polar surface area (TPSA) is 195 Å². The summed E-state index contributed by atoms with van der Waals surface area (Å²) >= 11 is 0. The van der Waals surface area contributed by atoms with Crippen LogP contribution in [-0.4, -0.2) is 61.6 Å². The highest BCUT2D eigenvalue weighted by Crippen LogP contribution is 2.06. The average molecular weight is 478 g/mol. The van der Waals surface area contributed by atoms with E-state index in [9.17, 15) is 28.2 Å². The minimum Gasteiger partial charge on any atom is -0.394 e. The molecule has 0 aliphatic heterocycles. The first-order valence-corrected chi connectivity index (χ1v) is 11.6. The Hall–Kier alpha value is -3.32. The predicted octanol–water partition coefficient (Wildman–Crippen LogP) is -1.46. The van der Waals surface area contributed by atoms with Crippen molar-refractivity contribution in [3.05, 3.63) is 71.3 Å². The Kier molecular flexibility index (Phi) is 9.48. The Labute approximate surface area is 191 Å². The molecule has 0 fully saturated rings. The van der Waals surface area contributed by atoms with E-state index in [0.717, 1.165) is 0 Å². The number of aliphatic hydroxyl groups is 2. The van der Waals surface area contributed by atoms with E-state index in [4.69, 9.17) is 11.1 Å². The number of amidine groups is 1. The lowest BCUT2D eigenvalue weighted by Gasteiger charge is -2.21. The number of carbonyl (C=O) groups is 2. The molecule has 0 radical (unpaired) electrons. The summed E-state index contributed by atoms with van der Waals surface area (Å²) in [5.41, 5.74) is 7.10. The van der Waals surface area contributed by atoms with Crippen LogP contribution in [-0.2, 0) is 31.9 Å². The van der Waals surface area contributed by atoms with Crippen LogP contribution in [0.2, 0.25) is 0 Å². The third kappa shape index (κ3) is 8.27. The van der Waals surface area contributed by atoms with Crippen LogP contribution in [0.25, 0.3) is 0 Å². The second kappa shape index (κ2) is 12.1. The molecule has 0 spiro atoms. The van der Waals surface area contributed by atoms with Crippen LogP contribution in [0.15, 0.2) is 54.6 Å². The highest BCUT2D eigenvalue weighted by atomic mass is 32.2. The van der Waals surface area contributed by atoms with E-state index < -0.39 is 52.9 Å². The van der Waals surface area contributed by atoms with Gasteiger partial charge in [0.15, 0.2) is 0 Å². The number of hydrogen-bond acceptors (Lipinski definition) is 7. The number of nitrogens with two attached hydrogens (primary N) is 1. The van der Waals surface area contributed by atoms with Gasteiger partial charge in [-0.2, -0.15) is 0 Å². The molecule has 0 aliphatic carbocycles. The molecule has 2 aromatic rings. The van der Waals surface area contributed by atoms with Crippen molar-refractivity contribution in [1.29, 1.82) is 5.41 Å². The van der Waals surface area contributed by atoms with Gasteiger partial charge in [0.1, 0.15) is 17.9 Å². The second-order valence-corrected chi connectivity index (χ2v) is 8.92. The fraction of sp³-hybridized carbons (Fsp3) is 0.286. The summed E-state index contributed by atoms with van der Waals surface area (Å²) < 4.78 is 26.8. The van der Waals surface area contributed by atoms with Crippen molar-refractivity contribution >= 4 is 27.7 Å². The van der Waals surface area contributed by atoms with Crippen molar-refractivity contribution in [2.75, 3.05) is 13.2 Å². The molecule has 0 saturated carbocycles. The molecule has 0 aromatic heterocycles. The average Bonchev–Trinajstić information content (AvgIpc) is 2.79. The summed E-state index contributed by atoms with van der Waals surface area (Å²) in [7, 11) is -3.97. The van der Waals surface area contributed by atoms with Crippen molar-refractivity contribution in [1.82, 2.24) is 15.4 Å². The molecule has 0 unspecified atom stereocenters. The first-order chi connectivity index (χ1) is 15.6. The Morgan fingerprint density at radius 1 is 0.909 bits per heavy atom. The lowest BCUT2D eigenvalue weighted by Crippen LogP contribution is -2.56. The molecule has 33 heavy (non-hydrogen) atoms. The van der Waals surface area contributed by atoms with Crippen LogP contribution in [0.3, 0.4) is 0 Å². The number of aliphatic hydroxyl groups excluding tert-OH is 2. The molecule has 11 nitrogen and oxygen atoms in total. The van der Waals surface area contributed by atoms with Gasteiger partial charge in [0.05, 0.1) is 19.0 Å². The number of rotatable bonds is 12. The van der Waals surface area contributed by atoms with Crippen molar-refractivity contribution in [3.63, 3.8) is 0 Å². The van der Waals surface area contributed by atoms with Crippen molar-refractivity contribution in [2.24, 2.45) is 5.73 Å². The van der Waals surface area contributed by atoms with Crippen molar-refractivity contribution in [3.8, 4) is 0 Å². The number of nitrogen functional groups attached to an aromatic ring is 1. The maximum absolute atomic E-state index is 12.4. The van der Waals surface area contributed by atoms with Gasteiger partial charge in [-0.15, -0.1) is 0 Å². The Morgan fingerprint density at radius 2 is 1.52 bits per heavy atom. The molecule has 12 heteroatoms. The molecule has 178 valence electrons. The van der Waals surface area contributed by atoms with Gasteiger partial charge in [0.25, 0.3) is 0 Å². The fourth-order valence-corrected chi connectivity index (χ4v) is 4.14. The normalized spacial score (nSPS) is 13.0. The maximum atomic E-state index is 12.4. The maximum Gasteiger partial charge on any atom is 0.245 e. The van der Waals surface area contributed by atoms with E-state index in [0.29, 0.717) is 16.7 Å². The summed E-state index contributed by atoms with van der Waals surface area (Å²) in [6.45, 7) is -1.51. The van der Waals surface area contributed by atoms with Gasteiger partial charge in [-0.05, 0) is 11.1 Å². The number of benzene rings is 2. The van der Waals surface area contributed by atoms with Gasteiger partial charge in [-0.1, -0.05) is 54.6 Å². The number of amides is 2. The SMILES string of the molecule is N=C(N)c1ccc(CNC(=O)[C@@H](CO)NC(=O)[C@@H](CO)NS(=O)(=O)Cc2ccccc2)cc1.